The van der Waals surface area contributed by atoms with Gasteiger partial charge >= 0.3 is 6.03 Å². The fourth-order valence-electron chi connectivity index (χ4n) is 3.06. The number of amides is 5. The van der Waals surface area contributed by atoms with Gasteiger partial charge in [0.25, 0.3) is 0 Å². The van der Waals surface area contributed by atoms with Gasteiger partial charge in [0.2, 0.25) is 17.7 Å². The third-order valence-electron chi connectivity index (χ3n) is 4.57. The van der Waals surface area contributed by atoms with Crippen molar-refractivity contribution in [2.45, 2.75) is 38.3 Å². The molecule has 1 aromatic carbocycles. The molecule has 3 atom stereocenters. The molecule has 2 fully saturated rings. The van der Waals surface area contributed by atoms with Gasteiger partial charge in [0.15, 0.2) is 0 Å². The SMILES string of the molecule is CC(C(=O)Nc1ccc(C2CC(=O)NC(=O)N2)cc1)C1CCC(=O)N1. The lowest BCUT2D eigenvalue weighted by molar-refractivity contribution is -0.122. The zero-order chi connectivity index (χ0) is 18.0. The van der Waals surface area contributed by atoms with Crippen LogP contribution in [0.15, 0.2) is 24.3 Å². The number of carbonyl (C=O) groups is 4. The van der Waals surface area contributed by atoms with Crippen LogP contribution in [0.3, 0.4) is 0 Å². The predicted octanol–water partition coefficient (Wildman–Crippen LogP) is 0.810. The first-order valence-corrected chi connectivity index (χ1v) is 8.23. The summed E-state index contributed by atoms with van der Waals surface area (Å²) in [5.41, 5.74) is 1.41. The van der Waals surface area contributed by atoms with Crippen molar-refractivity contribution in [3.05, 3.63) is 29.8 Å². The molecule has 2 aliphatic heterocycles. The molecule has 4 N–H and O–H groups in total. The number of hydrogen-bond donors (Lipinski definition) is 4. The van der Waals surface area contributed by atoms with Gasteiger partial charge in [-0.15, -0.1) is 0 Å². The minimum Gasteiger partial charge on any atom is -0.353 e. The summed E-state index contributed by atoms with van der Waals surface area (Å²) >= 11 is 0. The molecule has 8 nitrogen and oxygen atoms in total. The molecule has 0 spiro atoms. The third-order valence-corrected chi connectivity index (χ3v) is 4.57. The van der Waals surface area contributed by atoms with Crippen molar-refractivity contribution >= 4 is 29.4 Å². The molecule has 3 unspecified atom stereocenters. The van der Waals surface area contributed by atoms with Crippen LogP contribution in [-0.4, -0.2) is 29.8 Å². The van der Waals surface area contributed by atoms with Gasteiger partial charge in [0, 0.05) is 18.2 Å². The van der Waals surface area contributed by atoms with Gasteiger partial charge in [-0.1, -0.05) is 19.1 Å². The molecule has 132 valence electrons. The lowest BCUT2D eigenvalue weighted by Gasteiger charge is -2.23. The lowest BCUT2D eigenvalue weighted by atomic mass is 9.99. The molecular weight excluding hydrogens is 324 g/mol. The summed E-state index contributed by atoms with van der Waals surface area (Å²) < 4.78 is 0. The van der Waals surface area contributed by atoms with E-state index in [1.165, 1.54) is 0 Å². The Labute approximate surface area is 144 Å². The van der Waals surface area contributed by atoms with Crippen LogP contribution in [0, 0.1) is 5.92 Å². The Morgan fingerprint density at radius 3 is 2.44 bits per heavy atom. The Morgan fingerprint density at radius 1 is 1.12 bits per heavy atom. The first kappa shape index (κ1) is 16.9. The van der Waals surface area contributed by atoms with Crippen molar-refractivity contribution in [2.75, 3.05) is 5.32 Å². The average Bonchev–Trinajstić information content (AvgIpc) is 3.00. The fraction of sp³-hybridized carbons (Fsp3) is 0.412. The largest absolute Gasteiger partial charge is 0.353 e. The standard InChI is InChI=1S/C17H20N4O4/c1-9(12-6-7-14(22)19-12)16(24)18-11-4-2-10(3-5-11)13-8-15(23)21-17(25)20-13/h2-5,9,12-13H,6-8H2,1H3,(H,18,24)(H,19,22)(H2,20,21,23,25). The Bertz CT molecular complexity index is 700. The Hall–Kier alpha value is -2.90. The second-order valence-electron chi connectivity index (χ2n) is 6.39. The molecule has 2 aliphatic rings. The highest BCUT2D eigenvalue weighted by atomic mass is 16.2. The number of rotatable bonds is 4. The molecule has 25 heavy (non-hydrogen) atoms. The molecule has 8 heteroatoms. The predicted molar refractivity (Wildman–Crippen MR) is 89.4 cm³/mol. The molecule has 5 amide bonds. The van der Waals surface area contributed by atoms with Crippen LogP contribution in [0.4, 0.5) is 10.5 Å². The quantitative estimate of drug-likeness (QED) is 0.647. The summed E-state index contributed by atoms with van der Waals surface area (Å²) in [7, 11) is 0. The van der Waals surface area contributed by atoms with Crippen molar-refractivity contribution in [1.82, 2.24) is 16.0 Å². The first-order valence-electron chi connectivity index (χ1n) is 8.23. The maximum Gasteiger partial charge on any atom is 0.321 e. The summed E-state index contributed by atoms with van der Waals surface area (Å²) in [6.45, 7) is 1.79. The van der Waals surface area contributed by atoms with E-state index in [1.807, 2.05) is 0 Å². The topological polar surface area (TPSA) is 116 Å². The number of benzene rings is 1. The monoisotopic (exact) mass is 344 g/mol. The highest BCUT2D eigenvalue weighted by molar-refractivity contribution is 5.97. The number of urea groups is 1. The highest BCUT2D eigenvalue weighted by Crippen LogP contribution is 2.22. The van der Waals surface area contributed by atoms with Crippen LogP contribution >= 0.6 is 0 Å². The second-order valence-corrected chi connectivity index (χ2v) is 6.39. The van der Waals surface area contributed by atoms with Crippen LogP contribution in [0.2, 0.25) is 0 Å². The van der Waals surface area contributed by atoms with Gasteiger partial charge < -0.3 is 16.0 Å². The van der Waals surface area contributed by atoms with Crippen LogP contribution in [-0.2, 0) is 14.4 Å². The molecule has 2 saturated heterocycles. The summed E-state index contributed by atoms with van der Waals surface area (Å²) in [6.07, 6.45) is 1.29. The first-order chi connectivity index (χ1) is 11.9. The van der Waals surface area contributed by atoms with Crippen LogP contribution in [0.1, 0.15) is 37.8 Å². The molecule has 3 rings (SSSR count). The smallest absolute Gasteiger partial charge is 0.321 e. The zero-order valence-electron chi connectivity index (χ0n) is 13.8. The van der Waals surface area contributed by atoms with E-state index in [2.05, 4.69) is 21.3 Å². The number of hydrogen-bond acceptors (Lipinski definition) is 4. The van der Waals surface area contributed by atoms with Gasteiger partial charge in [0.05, 0.1) is 18.4 Å². The normalized spacial score (nSPS) is 24.1. The number of imide groups is 1. The second kappa shape index (κ2) is 6.92. The van der Waals surface area contributed by atoms with Crippen LogP contribution in [0.5, 0.6) is 0 Å². The van der Waals surface area contributed by atoms with E-state index in [0.29, 0.717) is 18.5 Å². The van der Waals surface area contributed by atoms with Gasteiger partial charge in [-0.05, 0) is 24.1 Å². The molecule has 0 aromatic heterocycles. The molecule has 0 radical (unpaired) electrons. The summed E-state index contributed by atoms with van der Waals surface area (Å²) in [6, 6.07) is 5.97. The van der Waals surface area contributed by atoms with E-state index in [4.69, 9.17) is 0 Å². The van der Waals surface area contributed by atoms with Gasteiger partial charge in [-0.2, -0.15) is 0 Å². The molecule has 2 heterocycles. The molecular formula is C17H20N4O4. The van der Waals surface area contributed by atoms with E-state index in [-0.39, 0.29) is 42.1 Å². The number of carbonyl (C=O) groups excluding carboxylic acids is 4. The van der Waals surface area contributed by atoms with Crippen LogP contribution in [0.25, 0.3) is 0 Å². The molecule has 0 saturated carbocycles. The van der Waals surface area contributed by atoms with E-state index in [0.717, 1.165) is 5.56 Å². The summed E-state index contributed by atoms with van der Waals surface area (Å²) in [5.74, 6) is -0.830. The lowest BCUT2D eigenvalue weighted by Crippen LogP contribution is -2.48. The van der Waals surface area contributed by atoms with E-state index in [1.54, 1.807) is 31.2 Å². The highest BCUT2D eigenvalue weighted by Gasteiger charge is 2.30. The van der Waals surface area contributed by atoms with Crippen molar-refractivity contribution in [3.8, 4) is 0 Å². The average molecular weight is 344 g/mol. The van der Waals surface area contributed by atoms with Crippen molar-refractivity contribution in [3.63, 3.8) is 0 Å². The number of anilines is 1. The maximum absolute atomic E-state index is 12.3. The molecule has 1 aromatic rings. The van der Waals surface area contributed by atoms with Crippen molar-refractivity contribution in [1.29, 1.82) is 0 Å². The summed E-state index contributed by atoms with van der Waals surface area (Å²) in [5, 5.41) is 10.5. The van der Waals surface area contributed by atoms with E-state index < -0.39 is 6.03 Å². The van der Waals surface area contributed by atoms with E-state index in [9.17, 15) is 19.2 Å². The van der Waals surface area contributed by atoms with E-state index >= 15 is 0 Å². The fourth-order valence-corrected chi connectivity index (χ4v) is 3.06. The van der Waals surface area contributed by atoms with Gasteiger partial charge in [0.1, 0.15) is 0 Å². The Balaban J connectivity index is 1.60. The third kappa shape index (κ3) is 3.96. The summed E-state index contributed by atoms with van der Waals surface area (Å²) in [4.78, 5) is 46.4. The van der Waals surface area contributed by atoms with Crippen molar-refractivity contribution in [2.24, 2.45) is 5.92 Å². The maximum atomic E-state index is 12.3. The molecule has 0 bridgehead atoms. The molecule has 0 aliphatic carbocycles. The Kier molecular flexibility index (Phi) is 4.69. The van der Waals surface area contributed by atoms with Crippen molar-refractivity contribution < 1.29 is 19.2 Å². The minimum absolute atomic E-state index is 0.0208. The Morgan fingerprint density at radius 2 is 1.84 bits per heavy atom. The van der Waals surface area contributed by atoms with Gasteiger partial charge in [-0.3, -0.25) is 19.7 Å². The number of nitrogens with one attached hydrogen (secondary N) is 4. The zero-order valence-corrected chi connectivity index (χ0v) is 13.8. The minimum atomic E-state index is -0.508. The van der Waals surface area contributed by atoms with Gasteiger partial charge in [-0.25, -0.2) is 4.79 Å². The van der Waals surface area contributed by atoms with Crippen LogP contribution < -0.4 is 21.3 Å².